The zero-order valence-corrected chi connectivity index (χ0v) is 11.3. The molecule has 1 amide bonds. The number of rotatable bonds is 4. The van der Waals surface area contributed by atoms with Crippen LogP contribution >= 0.6 is 0 Å². The first kappa shape index (κ1) is 13.9. The highest BCUT2D eigenvalue weighted by atomic mass is 16.3. The van der Waals surface area contributed by atoms with Gasteiger partial charge in [-0.25, -0.2) is 0 Å². The molecule has 20 heavy (non-hydrogen) atoms. The Kier molecular flexibility index (Phi) is 4.25. The van der Waals surface area contributed by atoms with Gasteiger partial charge in [0.15, 0.2) is 0 Å². The summed E-state index contributed by atoms with van der Waals surface area (Å²) in [6.45, 7) is 1.88. The van der Waals surface area contributed by atoms with Crippen LogP contribution in [0.2, 0.25) is 0 Å². The molecule has 2 aromatic rings. The number of benzene rings is 2. The largest absolute Gasteiger partial charge is 0.508 e. The van der Waals surface area contributed by atoms with E-state index in [9.17, 15) is 9.90 Å². The second kappa shape index (κ2) is 6.10. The molecule has 0 bridgehead atoms. The van der Waals surface area contributed by atoms with Crippen molar-refractivity contribution in [3.8, 4) is 5.75 Å². The van der Waals surface area contributed by atoms with Gasteiger partial charge in [-0.2, -0.15) is 0 Å². The van der Waals surface area contributed by atoms with E-state index >= 15 is 0 Å². The molecular weight excluding hydrogens is 252 g/mol. The zero-order chi connectivity index (χ0) is 14.5. The van der Waals surface area contributed by atoms with Crippen molar-refractivity contribution in [3.63, 3.8) is 0 Å². The van der Waals surface area contributed by atoms with Crippen LogP contribution in [0, 0.1) is 0 Å². The molecule has 2 aromatic carbocycles. The minimum atomic E-state index is -0.172. The van der Waals surface area contributed by atoms with Gasteiger partial charge in [0.05, 0.1) is 12.5 Å². The average Bonchev–Trinajstić information content (AvgIpc) is 2.41. The lowest BCUT2D eigenvalue weighted by atomic mass is 10.1. The first-order valence-corrected chi connectivity index (χ1v) is 6.48. The lowest BCUT2D eigenvalue weighted by molar-refractivity contribution is -0.121. The highest BCUT2D eigenvalue weighted by Gasteiger charge is 2.13. The number of phenols is 1. The molecule has 4 nitrogen and oxygen atoms in total. The molecule has 0 fully saturated rings. The molecule has 1 unspecified atom stereocenters. The molecule has 0 heterocycles. The van der Waals surface area contributed by atoms with Crippen molar-refractivity contribution in [2.24, 2.45) is 0 Å². The lowest BCUT2D eigenvalue weighted by Gasteiger charge is -2.16. The highest BCUT2D eigenvalue weighted by Crippen LogP contribution is 2.20. The van der Waals surface area contributed by atoms with E-state index in [2.05, 4.69) is 5.32 Å². The number of carbonyl (C=O) groups excluding carboxylic acids is 1. The van der Waals surface area contributed by atoms with Gasteiger partial charge in [-0.05, 0) is 24.6 Å². The van der Waals surface area contributed by atoms with Crippen LogP contribution in [0.5, 0.6) is 5.75 Å². The van der Waals surface area contributed by atoms with E-state index in [0.717, 1.165) is 5.56 Å². The number of para-hydroxylation sites is 2. The molecule has 0 spiro atoms. The number of hydrogen-bond donors (Lipinski definition) is 3. The third-order valence-corrected chi connectivity index (χ3v) is 3.18. The summed E-state index contributed by atoms with van der Waals surface area (Å²) in [7, 11) is 0. The number of aromatic hydroxyl groups is 1. The molecule has 4 N–H and O–H groups in total. The standard InChI is InChI=1S/C16H18N2O2/c1-11(13-7-3-4-8-14(13)17)18-16(20)10-12-6-2-5-9-15(12)19/h2-9,11,19H,10,17H2,1H3,(H,18,20). The van der Waals surface area contributed by atoms with Crippen LogP contribution in [-0.2, 0) is 11.2 Å². The molecule has 0 aromatic heterocycles. The molecule has 0 aliphatic rings. The molecule has 4 heteroatoms. The van der Waals surface area contributed by atoms with Gasteiger partial charge < -0.3 is 16.2 Å². The van der Waals surface area contributed by atoms with Crippen LogP contribution in [-0.4, -0.2) is 11.0 Å². The first-order valence-electron chi connectivity index (χ1n) is 6.48. The fourth-order valence-electron chi connectivity index (χ4n) is 2.11. The van der Waals surface area contributed by atoms with Crippen LogP contribution in [0.15, 0.2) is 48.5 Å². The molecule has 104 valence electrons. The number of nitrogens with one attached hydrogen (secondary N) is 1. The highest BCUT2D eigenvalue weighted by molar-refractivity contribution is 5.80. The molecule has 0 saturated carbocycles. The van der Waals surface area contributed by atoms with Crippen molar-refractivity contribution < 1.29 is 9.90 Å². The minimum Gasteiger partial charge on any atom is -0.508 e. The SMILES string of the molecule is CC(NC(=O)Cc1ccccc1O)c1ccccc1N. The summed E-state index contributed by atoms with van der Waals surface area (Å²) in [6, 6.07) is 14.1. The molecule has 0 saturated heterocycles. The second-order valence-corrected chi connectivity index (χ2v) is 4.72. The Balaban J connectivity index is 2.02. The third-order valence-electron chi connectivity index (χ3n) is 3.18. The van der Waals surface area contributed by atoms with E-state index in [0.29, 0.717) is 11.3 Å². The quantitative estimate of drug-likeness (QED) is 0.747. The summed E-state index contributed by atoms with van der Waals surface area (Å²) in [5.41, 5.74) is 8.03. The third kappa shape index (κ3) is 3.29. The summed E-state index contributed by atoms with van der Waals surface area (Å²) in [5.74, 6) is -0.0169. The summed E-state index contributed by atoms with van der Waals surface area (Å²) in [4.78, 5) is 12.0. The normalized spacial score (nSPS) is 11.8. The van der Waals surface area contributed by atoms with E-state index in [1.165, 1.54) is 0 Å². The van der Waals surface area contributed by atoms with Crippen molar-refractivity contribution in [2.45, 2.75) is 19.4 Å². The number of amides is 1. The maximum Gasteiger partial charge on any atom is 0.225 e. The number of phenolic OH excluding ortho intramolecular Hbond substituents is 1. The van der Waals surface area contributed by atoms with Gasteiger partial charge in [-0.3, -0.25) is 4.79 Å². The van der Waals surface area contributed by atoms with Crippen LogP contribution in [0.1, 0.15) is 24.1 Å². The maximum absolute atomic E-state index is 12.0. The Morgan fingerprint density at radius 1 is 1.20 bits per heavy atom. The maximum atomic E-state index is 12.0. The number of hydrogen-bond acceptors (Lipinski definition) is 3. The predicted molar refractivity (Wildman–Crippen MR) is 79.2 cm³/mol. The molecule has 0 radical (unpaired) electrons. The average molecular weight is 270 g/mol. The fourth-order valence-corrected chi connectivity index (χ4v) is 2.11. The summed E-state index contributed by atoms with van der Waals surface area (Å²) >= 11 is 0. The fraction of sp³-hybridized carbons (Fsp3) is 0.188. The molecule has 1 atom stereocenters. The van der Waals surface area contributed by atoms with E-state index < -0.39 is 0 Å². The van der Waals surface area contributed by atoms with Gasteiger partial charge in [-0.15, -0.1) is 0 Å². The Labute approximate surface area is 118 Å². The molecule has 2 rings (SSSR count). The van der Waals surface area contributed by atoms with Crippen LogP contribution in [0.25, 0.3) is 0 Å². The minimum absolute atomic E-state index is 0.134. The van der Waals surface area contributed by atoms with Gasteiger partial charge in [-0.1, -0.05) is 36.4 Å². The van der Waals surface area contributed by atoms with E-state index in [4.69, 9.17) is 5.73 Å². The van der Waals surface area contributed by atoms with Crippen molar-refractivity contribution in [1.29, 1.82) is 0 Å². The van der Waals surface area contributed by atoms with E-state index in [1.807, 2.05) is 25.1 Å². The van der Waals surface area contributed by atoms with Crippen molar-refractivity contribution >= 4 is 11.6 Å². The van der Waals surface area contributed by atoms with Gasteiger partial charge >= 0.3 is 0 Å². The molecular formula is C16H18N2O2. The Morgan fingerprint density at radius 2 is 1.85 bits per heavy atom. The van der Waals surface area contributed by atoms with Crippen molar-refractivity contribution in [2.75, 3.05) is 5.73 Å². The Hall–Kier alpha value is -2.49. The monoisotopic (exact) mass is 270 g/mol. The predicted octanol–water partition coefficient (Wildman–Crippen LogP) is 2.39. The van der Waals surface area contributed by atoms with Crippen molar-refractivity contribution in [3.05, 3.63) is 59.7 Å². The Morgan fingerprint density at radius 3 is 2.55 bits per heavy atom. The second-order valence-electron chi connectivity index (χ2n) is 4.72. The van der Waals surface area contributed by atoms with E-state index in [-0.39, 0.29) is 24.1 Å². The van der Waals surface area contributed by atoms with Gasteiger partial charge in [0, 0.05) is 11.3 Å². The zero-order valence-electron chi connectivity index (χ0n) is 11.3. The first-order chi connectivity index (χ1) is 9.58. The van der Waals surface area contributed by atoms with Crippen LogP contribution in [0.3, 0.4) is 0 Å². The summed E-state index contributed by atoms with van der Waals surface area (Å²) in [5, 5.41) is 12.5. The lowest BCUT2D eigenvalue weighted by Crippen LogP contribution is -2.28. The molecule has 0 aliphatic heterocycles. The number of anilines is 1. The summed E-state index contributed by atoms with van der Waals surface area (Å²) in [6.07, 6.45) is 0.143. The van der Waals surface area contributed by atoms with Crippen molar-refractivity contribution in [1.82, 2.24) is 5.32 Å². The van der Waals surface area contributed by atoms with Gasteiger partial charge in [0.1, 0.15) is 5.75 Å². The number of nitrogens with two attached hydrogens (primary N) is 1. The summed E-state index contributed by atoms with van der Waals surface area (Å²) < 4.78 is 0. The smallest absolute Gasteiger partial charge is 0.225 e. The van der Waals surface area contributed by atoms with Crippen LogP contribution < -0.4 is 11.1 Å². The van der Waals surface area contributed by atoms with Gasteiger partial charge in [0.2, 0.25) is 5.91 Å². The topological polar surface area (TPSA) is 75.3 Å². The Bertz CT molecular complexity index is 611. The number of carbonyl (C=O) groups is 1. The van der Waals surface area contributed by atoms with E-state index in [1.54, 1.807) is 30.3 Å². The van der Waals surface area contributed by atoms with Gasteiger partial charge in [0.25, 0.3) is 0 Å². The molecule has 0 aliphatic carbocycles. The number of nitrogen functional groups attached to an aromatic ring is 1. The van der Waals surface area contributed by atoms with Crippen LogP contribution in [0.4, 0.5) is 5.69 Å².